The average Bonchev–Trinajstić information content (AvgIpc) is 2.76. The van der Waals surface area contributed by atoms with Crippen LogP contribution in [0.4, 0.5) is 0 Å². The Morgan fingerprint density at radius 2 is 2.33 bits per heavy atom. The van der Waals surface area contributed by atoms with Crippen LogP contribution in [0.1, 0.15) is 31.4 Å². The number of carbonyl (C=O) groups is 1. The van der Waals surface area contributed by atoms with E-state index in [-0.39, 0.29) is 5.91 Å². The van der Waals surface area contributed by atoms with Crippen molar-refractivity contribution in [3.63, 3.8) is 0 Å². The Bertz CT molecular complexity index is 417. The van der Waals surface area contributed by atoms with Gasteiger partial charge in [0, 0.05) is 38.4 Å². The van der Waals surface area contributed by atoms with E-state index in [4.69, 9.17) is 0 Å². The number of rotatable bonds is 4. The summed E-state index contributed by atoms with van der Waals surface area (Å²) >= 11 is 3.80. The molecule has 1 N–H and O–H groups in total. The van der Waals surface area contributed by atoms with E-state index in [0.717, 1.165) is 13.0 Å². The van der Waals surface area contributed by atoms with Crippen molar-refractivity contribution in [2.24, 2.45) is 0 Å². The Morgan fingerprint density at radius 1 is 1.56 bits per heavy atom. The van der Waals surface area contributed by atoms with Gasteiger partial charge in [0.25, 0.3) is 0 Å². The van der Waals surface area contributed by atoms with Crippen molar-refractivity contribution in [3.05, 3.63) is 17.0 Å². The second-order valence-electron chi connectivity index (χ2n) is 4.87. The summed E-state index contributed by atoms with van der Waals surface area (Å²) in [6.45, 7) is 3.03. The monoisotopic (exact) mass is 284 g/mol. The summed E-state index contributed by atoms with van der Waals surface area (Å²) in [7, 11) is 3.61. The molecule has 100 valence electrons. The van der Waals surface area contributed by atoms with Crippen LogP contribution in [0.25, 0.3) is 0 Å². The lowest BCUT2D eigenvalue weighted by molar-refractivity contribution is -0.128. The van der Waals surface area contributed by atoms with Gasteiger partial charge in [0.2, 0.25) is 5.91 Å². The van der Waals surface area contributed by atoms with Crippen molar-refractivity contribution >= 4 is 29.0 Å². The number of nitrogens with zero attached hydrogens (tertiary/aromatic N) is 1. The Hall–Kier alpha value is -0.520. The minimum atomic E-state index is 0.186. The first-order valence-corrected chi connectivity index (χ1v) is 8.01. The first-order valence-electron chi connectivity index (χ1n) is 6.25. The van der Waals surface area contributed by atoms with Crippen molar-refractivity contribution in [1.82, 2.24) is 10.2 Å². The van der Waals surface area contributed by atoms with Gasteiger partial charge in [0.15, 0.2) is 0 Å². The highest BCUT2D eigenvalue weighted by Crippen LogP contribution is 2.43. The third-order valence-electron chi connectivity index (χ3n) is 3.14. The average molecular weight is 284 g/mol. The van der Waals surface area contributed by atoms with Crippen LogP contribution in [0.3, 0.4) is 0 Å². The van der Waals surface area contributed by atoms with Gasteiger partial charge in [-0.3, -0.25) is 4.79 Å². The van der Waals surface area contributed by atoms with Crippen LogP contribution in [0.2, 0.25) is 0 Å². The highest BCUT2D eigenvalue weighted by Gasteiger charge is 2.25. The maximum atomic E-state index is 11.5. The van der Waals surface area contributed by atoms with E-state index in [9.17, 15) is 4.79 Å². The molecule has 0 saturated heterocycles. The summed E-state index contributed by atoms with van der Waals surface area (Å²) in [6.07, 6.45) is 1.72. The Balaban J connectivity index is 1.89. The number of hydrogen-bond acceptors (Lipinski definition) is 4. The molecule has 1 aromatic heterocycles. The molecule has 0 spiro atoms. The van der Waals surface area contributed by atoms with Crippen molar-refractivity contribution in [2.75, 3.05) is 20.6 Å². The zero-order valence-electron chi connectivity index (χ0n) is 11.1. The summed E-state index contributed by atoms with van der Waals surface area (Å²) in [5.41, 5.74) is 1.42. The predicted octanol–water partition coefficient (Wildman–Crippen LogP) is 2.74. The number of hydrogen-bond donors (Lipinski definition) is 1. The van der Waals surface area contributed by atoms with E-state index in [1.807, 2.05) is 23.1 Å². The Morgan fingerprint density at radius 3 is 3.06 bits per heavy atom. The number of amides is 1. The minimum absolute atomic E-state index is 0.186. The fourth-order valence-corrected chi connectivity index (χ4v) is 4.69. The molecule has 0 bridgehead atoms. The molecule has 1 aliphatic rings. The minimum Gasteiger partial charge on any atom is -0.349 e. The van der Waals surface area contributed by atoms with Crippen LogP contribution in [0, 0.1) is 0 Å². The number of fused-ring (bicyclic) bond motifs is 1. The summed E-state index contributed by atoms with van der Waals surface area (Å²) in [6, 6.07) is 2.63. The van der Waals surface area contributed by atoms with Crippen LogP contribution in [0.15, 0.2) is 15.7 Å². The zero-order chi connectivity index (χ0) is 13.1. The summed E-state index contributed by atoms with van der Waals surface area (Å²) < 4.78 is 1.44. The fourth-order valence-electron chi connectivity index (χ4n) is 2.12. The molecule has 0 aliphatic carbocycles. The van der Waals surface area contributed by atoms with Gasteiger partial charge in [-0.1, -0.05) is 6.92 Å². The summed E-state index contributed by atoms with van der Waals surface area (Å²) in [5, 5.41) is 6.34. The normalized spacial score (nSPS) is 22.6. The molecule has 3 nitrogen and oxygen atoms in total. The van der Waals surface area contributed by atoms with Crippen molar-refractivity contribution in [1.29, 1.82) is 0 Å². The van der Waals surface area contributed by atoms with Gasteiger partial charge in [0.05, 0.1) is 4.21 Å². The maximum Gasteiger partial charge on any atom is 0.223 e. The molecule has 0 fully saturated rings. The molecule has 2 heterocycles. The molecule has 1 aliphatic heterocycles. The number of thiophene rings is 1. The molecule has 1 amide bonds. The molecule has 0 saturated carbocycles. The van der Waals surface area contributed by atoms with Crippen LogP contribution < -0.4 is 5.32 Å². The van der Waals surface area contributed by atoms with Gasteiger partial charge in [0.1, 0.15) is 0 Å². The summed E-state index contributed by atoms with van der Waals surface area (Å²) in [4.78, 5) is 13.2. The number of carbonyl (C=O) groups excluding carboxylic acids is 1. The second-order valence-corrected chi connectivity index (χ2v) is 7.50. The van der Waals surface area contributed by atoms with Gasteiger partial charge in [-0.05, 0) is 23.4 Å². The Kier molecular flexibility index (Phi) is 4.70. The first-order chi connectivity index (χ1) is 8.58. The Labute approximate surface area is 117 Å². The van der Waals surface area contributed by atoms with Gasteiger partial charge in [-0.15, -0.1) is 23.1 Å². The number of nitrogens with one attached hydrogen (secondary N) is 1. The van der Waals surface area contributed by atoms with Crippen LogP contribution in [-0.4, -0.2) is 36.7 Å². The molecule has 18 heavy (non-hydrogen) atoms. The van der Waals surface area contributed by atoms with Crippen LogP contribution in [-0.2, 0) is 4.79 Å². The predicted molar refractivity (Wildman–Crippen MR) is 78.3 cm³/mol. The van der Waals surface area contributed by atoms with E-state index < -0.39 is 0 Å². The molecule has 1 unspecified atom stereocenters. The van der Waals surface area contributed by atoms with E-state index >= 15 is 0 Å². The molecule has 0 aromatic carbocycles. The van der Waals surface area contributed by atoms with Gasteiger partial charge in [-0.2, -0.15) is 0 Å². The summed E-state index contributed by atoms with van der Waals surface area (Å²) in [5.74, 6) is 0.186. The van der Waals surface area contributed by atoms with Crippen molar-refractivity contribution < 1.29 is 4.79 Å². The maximum absolute atomic E-state index is 11.5. The molecule has 5 heteroatoms. The fraction of sp³-hybridized carbons (Fsp3) is 0.615. The van der Waals surface area contributed by atoms with Crippen LogP contribution >= 0.6 is 23.1 Å². The highest BCUT2D eigenvalue weighted by molar-refractivity contribution is 8.01. The van der Waals surface area contributed by atoms with Crippen molar-refractivity contribution in [3.8, 4) is 0 Å². The molecule has 1 aromatic rings. The largest absolute Gasteiger partial charge is 0.349 e. The van der Waals surface area contributed by atoms with Crippen molar-refractivity contribution in [2.45, 2.75) is 35.3 Å². The topological polar surface area (TPSA) is 32.3 Å². The molecule has 2 atom stereocenters. The highest BCUT2D eigenvalue weighted by atomic mass is 32.2. The lowest BCUT2D eigenvalue weighted by Gasteiger charge is -2.27. The third kappa shape index (κ3) is 3.28. The molecular weight excluding hydrogens is 264 g/mol. The smallest absolute Gasteiger partial charge is 0.223 e. The number of thioether (sulfide) groups is 1. The quantitative estimate of drug-likeness (QED) is 0.922. The van der Waals surface area contributed by atoms with E-state index in [1.165, 1.54) is 9.77 Å². The molecular formula is C13H20N2OS2. The van der Waals surface area contributed by atoms with Crippen LogP contribution in [0.5, 0.6) is 0 Å². The lowest BCUT2D eigenvalue weighted by Crippen LogP contribution is -2.31. The van der Waals surface area contributed by atoms with Gasteiger partial charge < -0.3 is 10.2 Å². The second kappa shape index (κ2) is 6.08. The van der Waals surface area contributed by atoms with E-state index in [2.05, 4.69) is 23.7 Å². The lowest BCUT2D eigenvalue weighted by atomic mass is 10.0. The SMILES string of the molecule is C[C@H]1CC(NCCC(=O)N(C)C)c2ccsc2S1. The van der Waals surface area contributed by atoms with Gasteiger partial charge >= 0.3 is 0 Å². The zero-order valence-corrected chi connectivity index (χ0v) is 12.7. The standard InChI is InChI=1S/C13H20N2OS2/c1-9-8-11(10-5-7-17-13(10)18-9)14-6-4-12(16)15(2)3/h5,7,9,11,14H,4,6,8H2,1-3H3/t9-,11?/m0/s1. The third-order valence-corrected chi connectivity index (χ3v) is 5.48. The first kappa shape index (κ1) is 13.9. The molecule has 2 rings (SSSR count). The van der Waals surface area contributed by atoms with Gasteiger partial charge in [-0.25, -0.2) is 0 Å². The van der Waals surface area contributed by atoms with E-state index in [0.29, 0.717) is 17.7 Å². The molecule has 0 radical (unpaired) electrons. The van der Waals surface area contributed by atoms with E-state index in [1.54, 1.807) is 19.0 Å².